The van der Waals surface area contributed by atoms with E-state index in [1.54, 1.807) is 0 Å². The molecule has 3 atom stereocenters. The van der Waals surface area contributed by atoms with Crippen LogP contribution in [-0.2, 0) is 13.6 Å². The Bertz CT molecular complexity index is 922. The molecular weight excluding hydrogens is 525 g/mol. The molecule has 0 bridgehead atoms. The van der Waals surface area contributed by atoms with Gasteiger partial charge in [0, 0.05) is 21.3 Å². The highest BCUT2D eigenvalue weighted by Gasteiger charge is 2.40. The molecule has 3 unspecified atom stereocenters. The lowest BCUT2D eigenvalue weighted by Gasteiger charge is -2.16. The predicted molar refractivity (Wildman–Crippen MR) is 87.1 cm³/mol. The van der Waals surface area contributed by atoms with E-state index in [1.165, 1.54) is 9.03 Å². The molecule has 0 aromatic rings. The number of rotatable bonds is 3. The summed E-state index contributed by atoms with van der Waals surface area (Å²) in [5.74, 6) is 0. The third kappa shape index (κ3) is 7.76. The smallest absolute Gasteiger partial charge is 0.306 e. The fraction of sp³-hybridized carbons (Fsp3) is 1.00. The molecule has 1 rings (SSSR count). The molecule has 0 saturated heterocycles. The monoisotopic (exact) mass is 534 g/mol. The van der Waals surface area contributed by atoms with Crippen molar-refractivity contribution < 1.29 is 51.3 Å². The number of nitrogens with zero attached hydrogens (tertiary/aromatic N) is 6. The average Bonchev–Trinajstić information content (AvgIpc) is 2.41. The summed E-state index contributed by atoms with van der Waals surface area (Å²) in [6, 6.07) is 0. The Morgan fingerprint density at radius 2 is 0.667 bits per heavy atom. The van der Waals surface area contributed by atoms with Gasteiger partial charge in [-0.1, -0.05) is 0 Å². The Kier molecular flexibility index (Phi) is 7.99. The highest BCUT2D eigenvalue weighted by molar-refractivity contribution is 7.78. The Morgan fingerprint density at radius 1 is 0.407 bits per heavy atom. The Labute approximate surface area is 147 Å². The maximum atomic E-state index is 14.5. The third-order valence-electron chi connectivity index (χ3n) is 2.00. The molecule has 162 valence electrons. The van der Waals surface area contributed by atoms with E-state index in [2.05, 4.69) is 22.6 Å². The predicted octanol–water partition coefficient (Wildman–Crippen LogP) is 10.3. The lowest BCUT2D eigenvalue weighted by molar-refractivity contribution is 0.402. The van der Waals surface area contributed by atoms with Crippen molar-refractivity contribution in [2.45, 2.75) is 0 Å². The van der Waals surface area contributed by atoms with Crippen molar-refractivity contribution in [2.24, 2.45) is 27.1 Å². The summed E-state index contributed by atoms with van der Waals surface area (Å²) in [6.45, 7) is 0. The first-order chi connectivity index (χ1) is 11.9. The highest BCUT2D eigenvalue weighted by atomic mass is 31.3. The van der Waals surface area contributed by atoms with Crippen LogP contribution in [0, 0.1) is 0 Å². The van der Waals surface area contributed by atoms with Crippen molar-refractivity contribution in [3.05, 3.63) is 0 Å². The normalized spacial score (nSPS) is 38.2. The van der Waals surface area contributed by atoms with Gasteiger partial charge < -0.3 is 13.6 Å². The first kappa shape index (κ1) is 25.7. The standard InChI is InChI=1S/C3H9F9N6O3P6/c1-19-25(10)15-23(6,7)13-22(4,5)14-24(8,9)16-26(11,20-2)18-27(12,17-25)21-3/h1-3H3. The number of halogens is 9. The summed E-state index contributed by atoms with van der Waals surface area (Å²) in [5, 5.41) is 0. The van der Waals surface area contributed by atoms with Gasteiger partial charge in [0.05, 0.1) is 0 Å². The summed E-state index contributed by atoms with van der Waals surface area (Å²) in [5.41, 5.74) is 0. The molecule has 1 heterocycles. The molecule has 1 aliphatic heterocycles. The Balaban J connectivity index is 4.22. The fourth-order valence-electron chi connectivity index (χ4n) is 1.12. The molecule has 27 heavy (non-hydrogen) atoms. The van der Waals surface area contributed by atoms with Crippen molar-refractivity contribution in [3.63, 3.8) is 0 Å². The maximum absolute atomic E-state index is 14.5. The van der Waals surface area contributed by atoms with E-state index in [9.17, 15) is 37.8 Å². The first-order valence-electron chi connectivity index (χ1n) is 5.69. The minimum Gasteiger partial charge on any atom is -0.306 e. The second-order valence-corrected chi connectivity index (χ2v) is 14.8. The molecule has 0 N–H and O–H groups in total. The van der Waals surface area contributed by atoms with Crippen LogP contribution >= 0.6 is 46.7 Å². The first-order valence-corrected chi connectivity index (χ1v) is 14.6. The van der Waals surface area contributed by atoms with Gasteiger partial charge in [0.25, 0.3) is 0 Å². The van der Waals surface area contributed by atoms with Gasteiger partial charge in [0.2, 0.25) is 0 Å². The van der Waals surface area contributed by atoms with E-state index in [4.69, 9.17) is 0 Å². The summed E-state index contributed by atoms with van der Waals surface area (Å²) in [6.07, 6.45) is 0. The van der Waals surface area contributed by atoms with Gasteiger partial charge in [-0.2, -0.15) is 12.6 Å². The zero-order valence-electron chi connectivity index (χ0n) is 13.0. The van der Waals surface area contributed by atoms with E-state index in [-0.39, 0.29) is 0 Å². The van der Waals surface area contributed by atoms with Gasteiger partial charge in [0.15, 0.2) is 0 Å². The lowest BCUT2D eigenvalue weighted by atomic mass is 11.8. The second-order valence-electron chi connectivity index (χ2n) is 3.87. The molecule has 9 nitrogen and oxygen atoms in total. The molecule has 1 aliphatic rings. The summed E-state index contributed by atoms with van der Waals surface area (Å²) in [4.78, 5) is 0. The van der Waals surface area contributed by atoms with Crippen LogP contribution in [0.3, 0.4) is 0 Å². The van der Waals surface area contributed by atoms with Gasteiger partial charge in [-0.05, 0) is 0 Å². The zero-order chi connectivity index (χ0) is 21.4. The van der Waals surface area contributed by atoms with Crippen LogP contribution < -0.4 is 0 Å². The van der Waals surface area contributed by atoms with Crippen LogP contribution in [0.15, 0.2) is 27.1 Å². The summed E-state index contributed by atoms with van der Waals surface area (Å²) >= 11 is 0. The molecule has 0 aromatic carbocycles. The molecule has 0 fully saturated rings. The minimum atomic E-state index is -6.85. The SMILES string of the molecule is COP1(F)=NP(F)(F)=NP(F)(F)=NP(F)(F)=NP(F)(OC)=NP(F)(OC)=N1. The fourth-order valence-corrected chi connectivity index (χ4v) is 12.0. The second kappa shape index (κ2) is 8.40. The summed E-state index contributed by atoms with van der Waals surface area (Å²) in [7, 11) is -36.4. The number of hydrogen-bond donors (Lipinski definition) is 0. The van der Waals surface area contributed by atoms with E-state index in [1.807, 2.05) is 9.03 Å². The quantitative estimate of drug-likeness (QED) is 0.266. The van der Waals surface area contributed by atoms with Crippen LogP contribution in [0.4, 0.5) is 37.8 Å². The molecule has 0 aromatic heterocycles. The van der Waals surface area contributed by atoms with Crippen LogP contribution in [0.5, 0.6) is 0 Å². The van der Waals surface area contributed by atoms with Crippen LogP contribution in [0.25, 0.3) is 0 Å². The van der Waals surface area contributed by atoms with Crippen molar-refractivity contribution in [1.29, 1.82) is 0 Å². The van der Waals surface area contributed by atoms with Crippen molar-refractivity contribution in [3.8, 4) is 0 Å². The Hall–Kier alpha value is 0.630. The van der Waals surface area contributed by atoms with Gasteiger partial charge in [-0.25, -0.2) is 0 Å². The molecular formula is C3H9F9N6O3P6. The average molecular weight is 534 g/mol. The molecule has 0 saturated carbocycles. The maximum Gasteiger partial charge on any atom is 0.425 e. The Morgan fingerprint density at radius 3 is 1.04 bits per heavy atom. The van der Waals surface area contributed by atoms with E-state index >= 15 is 0 Å². The lowest BCUT2D eigenvalue weighted by Crippen LogP contribution is -1.81. The zero-order valence-corrected chi connectivity index (χ0v) is 18.4. The van der Waals surface area contributed by atoms with Gasteiger partial charge in [-0.15, -0.1) is 52.3 Å². The van der Waals surface area contributed by atoms with Crippen molar-refractivity contribution in [2.75, 3.05) is 21.3 Å². The van der Waals surface area contributed by atoms with Crippen LogP contribution in [0.2, 0.25) is 0 Å². The van der Waals surface area contributed by atoms with Gasteiger partial charge in [-0.3, -0.25) is 0 Å². The van der Waals surface area contributed by atoms with E-state index < -0.39 is 46.7 Å². The van der Waals surface area contributed by atoms with E-state index in [0.29, 0.717) is 21.3 Å². The molecule has 0 radical (unpaired) electrons. The van der Waals surface area contributed by atoms with Crippen molar-refractivity contribution >= 4 is 46.7 Å². The number of hydrogen-bond acceptors (Lipinski definition) is 9. The summed E-state index contributed by atoms with van der Waals surface area (Å²) < 4.78 is 148. The minimum absolute atomic E-state index is 0.364. The largest absolute Gasteiger partial charge is 0.425 e. The highest BCUT2D eigenvalue weighted by Crippen LogP contribution is 2.82. The molecule has 0 spiro atoms. The van der Waals surface area contributed by atoms with Crippen LogP contribution in [0.1, 0.15) is 0 Å². The molecule has 0 aliphatic carbocycles. The van der Waals surface area contributed by atoms with Gasteiger partial charge >= 0.3 is 46.7 Å². The van der Waals surface area contributed by atoms with Crippen molar-refractivity contribution in [1.82, 2.24) is 0 Å². The van der Waals surface area contributed by atoms with Gasteiger partial charge in [0.1, 0.15) is 0 Å². The molecule has 24 heteroatoms. The van der Waals surface area contributed by atoms with E-state index in [0.717, 1.165) is 0 Å². The molecule has 0 amide bonds. The topological polar surface area (TPSA) is 102 Å². The third-order valence-corrected chi connectivity index (χ3v) is 13.9. The van der Waals surface area contributed by atoms with Crippen LogP contribution in [-0.4, -0.2) is 21.3 Å².